The molecule has 0 fully saturated rings. The molecular weight excluding hydrogens is 384 g/mol. The van der Waals surface area contributed by atoms with Gasteiger partial charge in [0.2, 0.25) is 0 Å². The summed E-state index contributed by atoms with van der Waals surface area (Å²) in [5.74, 6) is 0.265. The number of benzene rings is 2. The van der Waals surface area contributed by atoms with Gasteiger partial charge in [-0.3, -0.25) is 0 Å². The summed E-state index contributed by atoms with van der Waals surface area (Å²) in [5, 5.41) is 10.1. The molecule has 2 aromatic carbocycles. The van der Waals surface area contributed by atoms with Crippen LogP contribution in [0.15, 0.2) is 59.1 Å². The minimum Gasteiger partial charge on any atom is -0.306 e. The highest BCUT2D eigenvalue weighted by Crippen LogP contribution is 2.40. The van der Waals surface area contributed by atoms with Gasteiger partial charge in [-0.1, -0.05) is 78.3 Å². The molecule has 0 saturated heterocycles. The Morgan fingerprint density at radius 2 is 1.69 bits per heavy atom. The summed E-state index contributed by atoms with van der Waals surface area (Å²) < 4.78 is 1.03. The highest BCUT2D eigenvalue weighted by Gasteiger charge is 2.36. The molecule has 0 spiro atoms. The molecule has 0 bridgehead atoms. The van der Waals surface area contributed by atoms with Crippen molar-refractivity contribution in [2.75, 3.05) is 20.1 Å². The summed E-state index contributed by atoms with van der Waals surface area (Å²) >= 11 is 3.65. The minimum atomic E-state index is -0.444. The van der Waals surface area contributed by atoms with Crippen LogP contribution in [0.4, 0.5) is 0 Å². The number of likely N-dealkylation sites (N-methyl/N-ethyl adjacent to an activating group) is 1. The molecule has 0 aliphatic rings. The van der Waals surface area contributed by atoms with Crippen LogP contribution in [-0.4, -0.2) is 25.0 Å². The summed E-state index contributed by atoms with van der Waals surface area (Å²) in [6, 6.07) is 21.4. The van der Waals surface area contributed by atoms with Crippen molar-refractivity contribution in [1.29, 1.82) is 5.26 Å². The molecule has 26 heavy (non-hydrogen) atoms. The Kier molecular flexibility index (Phi) is 7.87. The van der Waals surface area contributed by atoms with E-state index in [-0.39, 0.29) is 5.92 Å². The van der Waals surface area contributed by atoms with Gasteiger partial charge >= 0.3 is 0 Å². The lowest BCUT2D eigenvalue weighted by atomic mass is 9.70. The average Bonchev–Trinajstić information content (AvgIpc) is 2.65. The maximum atomic E-state index is 10.1. The van der Waals surface area contributed by atoms with Crippen LogP contribution in [0.2, 0.25) is 0 Å². The zero-order valence-electron chi connectivity index (χ0n) is 16.1. The van der Waals surface area contributed by atoms with E-state index in [1.54, 1.807) is 0 Å². The second-order valence-electron chi connectivity index (χ2n) is 7.36. The van der Waals surface area contributed by atoms with Gasteiger partial charge in [0.1, 0.15) is 0 Å². The average molecular weight is 413 g/mol. The van der Waals surface area contributed by atoms with Crippen molar-refractivity contribution >= 4 is 15.9 Å². The summed E-state index contributed by atoms with van der Waals surface area (Å²) in [5.41, 5.74) is 2.05. The second kappa shape index (κ2) is 9.90. The number of nitriles is 1. The Morgan fingerprint density at radius 1 is 1.04 bits per heavy atom. The van der Waals surface area contributed by atoms with E-state index in [0.717, 1.165) is 42.4 Å². The van der Waals surface area contributed by atoms with Gasteiger partial charge in [-0.15, -0.1) is 0 Å². The van der Waals surface area contributed by atoms with Gasteiger partial charge in [0.15, 0.2) is 0 Å². The molecule has 0 radical (unpaired) electrons. The molecule has 2 nitrogen and oxygen atoms in total. The molecule has 2 rings (SSSR count). The Morgan fingerprint density at radius 3 is 2.31 bits per heavy atom. The molecular formula is C23H29BrN2. The van der Waals surface area contributed by atoms with E-state index in [1.807, 2.05) is 18.2 Å². The van der Waals surface area contributed by atoms with Gasteiger partial charge in [-0.25, -0.2) is 0 Å². The molecule has 0 N–H and O–H groups in total. The van der Waals surface area contributed by atoms with Gasteiger partial charge in [0.05, 0.1) is 11.5 Å². The molecule has 1 unspecified atom stereocenters. The molecule has 3 heteroatoms. The Labute approximate surface area is 167 Å². The zero-order chi connectivity index (χ0) is 19.0. The number of halogens is 1. The molecule has 0 aliphatic heterocycles. The number of rotatable bonds is 9. The Bertz CT molecular complexity index is 720. The standard InChI is InChI=1S/C23H29BrN2/c1-19(2)23(18-25,21-12-7-8-13-22(21)24)15-9-16-26(3)17-14-20-10-5-4-6-11-20/h4-8,10-13,19H,9,14-17H2,1-3H3. The molecule has 2 aromatic rings. The Hall–Kier alpha value is -1.63. The Balaban J connectivity index is 1.96. The van der Waals surface area contributed by atoms with Crippen LogP contribution in [0.3, 0.4) is 0 Å². The third-order valence-corrected chi connectivity index (χ3v) is 5.97. The summed E-state index contributed by atoms with van der Waals surface area (Å²) in [6.45, 7) is 6.36. The molecule has 0 aliphatic carbocycles. The minimum absolute atomic E-state index is 0.265. The quantitative estimate of drug-likeness (QED) is 0.518. The predicted octanol–water partition coefficient (Wildman–Crippen LogP) is 5.82. The third kappa shape index (κ3) is 5.19. The van der Waals surface area contributed by atoms with E-state index in [9.17, 15) is 5.26 Å². The molecule has 1 atom stereocenters. The molecule has 0 heterocycles. The molecule has 0 aromatic heterocycles. The van der Waals surface area contributed by atoms with E-state index >= 15 is 0 Å². The zero-order valence-corrected chi connectivity index (χ0v) is 17.7. The van der Waals surface area contributed by atoms with Crippen molar-refractivity contribution in [2.24, 2.45) is 5.92 Å². The van der Waals surface area contributed by atoms with Crippen molar-refractivity contribution in [3.63, 3.8) is 0 Å². The first-order valence-corrected chi connectivity index (χ1v) is 10.2. The van der Waals surface area contributed by atoms with Crippen molar-refractivity contribution in [3.8, 4) is 6.07 Å². The normalized spacial score (nSPS) is 13.6. The van der Waals surface area contributed by atoms with Gasteiger partial charge in [0, 0.05) is 11.0 Å². The van der Waals surface area contributed by atoms with Crippen LogP contribution < -0.4 is 0 Å². The smallest absolute Gasteiger partial charge is 0.0856 e. The lowest BCUT2D eigenvalue weighted by Crippen LogP contribution is -2.33. The van der Waals surface area contributed by atoms with E-state index < -0.39 is 5.41 Å². The summed E-state index contributed by atoms with van der Waals surface area (Å²) in [4.78, 5) is 2.37. The highest BCUT2D eigenvalue weighted by molar-refractivity contribution is 9.10. The molecule has 0 amide bonds. The van der Waals surface area contributed by atoms with E-state index in [1.165, 1.54) is 5.56 Å². The van der Waals surface area contributed by atoms with Crippen molar-refractivity contribution in [1.82, 2.24) is 4.90 Å². The van der Waals surface area contributed by atoms with Crippen LogP contribution in [0.1, 0.15) is 37.8 Å². The van der Waals surface area contributed by atoms with E-state index in [0.29, 0.717) is 0 Å². The van der Waals surface area contributed by atoms with Crippen LogP contribution in [0.5, 0.6) is 0 Å². The van der Waals surface area contributed by atoms with Crippen molar-refractivity contribution < 1.29 is 0 Å². The fraction of sp³-hybridized carbons (Fsp3) is 0.435. The number of hydrogen-bond acceptors (Lipinski definition) is 2. The first-order chi connectivity index (χ1) is 12.5. The van der Waals surface area contributed by atoms with Crippen molar-refractivity contribution in [3.05, 3.63) is 70.2 Å². The number of hydrogen-bond donors (Lipinski definition) is 0. The van der Waals surface area contributed by atoms with Gasteiger partial charge < -0.3 is 4.90 Å². The fourth-order valence-corrected chi connectivity index (χ4v) is 4.15. The topological polar surface area (TPSA) is 27.0 Å². The summed E-state index contributed by atoms with van der Waals surface area (Å²) in [6.07, 6.45) is 2.95. The maximum absolute atomic E-state index is 10.1. The lowest BCUT2D eigenvalue weighted by Gasteiger charge is -2.33. The predicted molar refractivity (Wildman–Crippen MR) is 113 cm³/mol. The van der Waals surface area contributed by atoms with Crippen molar-refractivity contribution in [2.45, 2.75) is 38.5 Å². The largest absolute Gasteiger partial charge is 0.306 e. The van der Waals surface area contributed by atoms with E-state index in [2.05, 4.69) is 84.2 Å². The SMILES string of the molecule is CC(C)C(C#N)(CCCN(C)CCc1ccccc1)c1ccccc1Br. The van der Waals surface area contributed by atoms with Crippen LogP contribution in [0, 0.1) is 17.2 Å². The maximum Gasteiger partial charge on any atom is 0.0856 e. The second-order valence-corrected chi connectivity index (χ2v) is 8.21. The van der Waals surface area contributed by atoms with Gasteiger partial charge in [-0.05, 0) is 56.0 Å². The monoisotopic (exact) mass is 412 g/mol. The van der Waals surface area contributed by atoms with E-state index in [4.69, 9.17) is 0 Å². The molecule has 138 valence electrons. The van der Waals surface area contributed by atoms with Gasteiger partial charge in [-0.2, -0.15) is 5.26 Å². The molecule has 0 saturated carbocycles. The van der Waals surface area contributed by atoms with Crippen LogP contribution in [-0.2, 0) is 11.8 Å². The summed E-state index contributed by atoms with van der Waals surface area (Å²) in [7, 11) is 2.17. The highest BCUT2D eigenvalue weighted by atomic mass is 79.9. The number of nitrogens with zero attached hydrogens (tertiary/aromatic N) is 2. The lowest BCUT2D eigenvalue weighted by molar-refractivity contribution is 0.293. The fourth-order valence-electron chi connectivity index (χ4n) is 3.51. The first-order valence-electron chi connectivity index (χ1n) is 9.38. The first kappa shape index (κ1) is 20.7. The van der Waals surface area contributed by atoms with Crippen LogP contribution in [0.25, 0.3) is 0 Å². The third-order valence-electron chi connectivity index (χ3n) is 5.28. The van der Waals surface area contributed by atoms with Crippen LogP contribution >= 0.6 is 15.9 Å². The van der Waals surface area contributed by atoms with Gasteiger partial charge in [0.25, 0.3) is 0 Å².